The molecule has 0 aromatic rings. The Morgan fingerprint density at radius 3 is 0.583 bits per heavy atom. The minimum Gasteiger partial charge on any atom is -0.391 e. The molecule has 0 atom stereocenters. The summed E-state index contributed by atoms with van der Waals surface area (Å²) in [4.78, 5) is 0. The summed E-state index contributed by atoms with van der Waals surface area (Å²) in [5.41, 5.74) is 0. The Morgan fingerprint density at radius 2 is 0.458 bits per heavy atom. The van der Waals surface area contributed by atoms with Crippen LogP contribution in [0.4, 0.5) is 0 Å². The van der Waals surface area contributed by atoms with Crippen molar-refractivity contribution in [1.82, 2.24) is 0 Å². The van der Waals surface area contributed by atoms with Crippen LogP contribution in [0.3, 0.4) is 0 Å². The molecule has 1 saturated heterocycles. The van der Waals surface area contributed by atoms with E-state index in [1.807, 2.05) is 0 Å². The molecule has 1 aliphatic rings. The standard InChI is InChI=1S/C12H24O4S8/c13-9-1-17-18-3-10(14)4-21-22-7-12(16)8-24-23-6-11(15)5-20-19-2-9/h9-16H,1-8H2. The molecule has 0 bridgehead atoms. The molecular weight excluding hydrogens is 465 g/mol. The number of rotatable bonds is 0. The fourth-order valence-electron chi connectivity index (χ4n) is 1.21. The van der Waals surface area contributed by atoms with E-state index >= 15 is 0 Å². The lowest BCUT2D eigenvalue weighted by molar-refractivity contribution is 0.223. The van der Waals surface area contributed by atoms with E-state index in [1.165, 1.54) is 0 Å². The third-order valence-electron chi connectivity index (χ3n) is 2.42. The van der Waals surface area contributed by atoms with Crippen LogP contribution >= 0.6 is 86.4 Å². The van der Waals surface area contributed by atoms with Gasteiger partial charge in [-0.3, -0.25) is 0 Å². The fraction of sp³-hybridized carbons (Fsp3) is 1.00. The first-order chi connectivity index (χ1) is 11.6. The fourth-order valence-corrected chi connectivity index (χ4v) is 10.9. The molecule has 0 amide bonds. The molecule has 0 aliphatic carbocycles. The van der Waals surface area contributed by atoms with E-state index < -0.39 is 0 Å². The SMILES string of the molecule is OC1CSSCC(O)CSSCC(O)CSSCC(O)CSSC1. The molecule has 12 heteroatoms. The second-order valence-electron chi connectivity index (χ2n) is 4.89. The maximum absolute atomic E-state index is 9.89. The van der Waals surface area contributed by atoms with Crippen molar-refractivity contribution in [1.29, 1.82) is 0 Å². The van der Waals surface area contributed by atoms with Gasteiger partial charge in [0, 0.05) is 46.0 Å². The van der Waals surface area contributed by atoms with Gasteiger partial charge in [0.2, 0.25) is 0 Å². The Labute approximate surface area is 176 Å². The van der Waals surface area contributed by atoms with Crippen LogP contribution in [-0.4, -0.2) is 90.9 Å². The molecule has 1 fully saturated rings. The van der Waals surface area contributed by atoms with Crippen molar-refractivity contribution in [2.75, 3.05) is 46.0 Å². The Morgan fingerprint density at radius 1 is 0.333 bits per heavy atom. The highest BCUT2D eigenvalue weighted by molar-refractivity contribution is 8.78. The smallest absolute Gasteiger partial charge is 0.0737 e. The third kappa shape index (κ3) is 14.7. The van der Waals surface area contributed by atoms with Crippen molar-refractivity contribution in [3.63, 3.8) is 0 Å². The molecule has 1 heterocycles. The molecule has 0 unspecified atom stereocenters. The zero-order chi connectivity index (χ0) is 17.6. The summed E-state index contributed by atoms with van der Waals surface area (Å²) in [6.45, 7) is 0. The molecule has 0 radical (unpaired) electrons. The van der Waals surface area contributed by atoms with Crippen molar-refractivity contribution >= 4 is 86.4 Å². The first kappa shape index (κ1) is 24.7. The predicted octanol–water partition coefficient (Wildman–Crippen LogP) is 2.97. The van der Waals surface area contributed by atoms with Gasteiger partial charge in [-0.25, -0.2) is 0 Å². The zero-order valence-electron chi connectivity index (χ0n) is 13.0. The molecule has 0 aromatic heterocycles. The van der Waals surface area contributed by atoms with Crippen LogP contribution in [0, 0.1) is 0 Å². The van der Waals surface area contributed by atoms with Crippen LogP contribution < -0.4 is 0 Å². The quantitative estimate of drug-likeness (QED) is 0.378. The summed E-state index contributed by atoms with van der Waals surface area (Å²) < 4.78 is 0. The summed E-state index contributed by atoms with van der Waals surface area (Å²) in [7, 11) is 12.7. The first-order valence-corrected chi connectivity index (χ1v) is 17.2. The molecule has 0 spiro atoms. The molecule has 4 nitrogen and oxygen atoms in total. The normalized spacial score (nSPS) is 34.5. The highest BCUT2D eigenvalue weighted by Crippen LogP contribution is 2.31. The minimum atomic E-state index is -0.365. The van der Waals surface area contributed by atoms with Crippen molar-refractivity contribution in [2.45, 2.75) is 24.4 Å². The van der Waals surface area contributed by atoms with Crippen LogP contribution in [0.1, 0.15) is 0 Å². The van der Waals surface area contributed by atoms with E-state index in [0.29, 0.717) is 46.0 Å². The van der Waals surface area contributed by atoms with Crippen LogP contribution in [0.2, 0.25) is 0 Å². The molecule has 4 N–H and O–H groups in total. The van der Waals surface area contributed by atoms with E-state index in [0.717, 1.165) is 0 Å². The highest BCUT2D eigenvalue weighted by Gasteiger charge is 2.12. The number of hydrogen-bond donors (Lipinski definition) is 4. The topological polar surface area (TPSA) is 80.9 Å². The Kier molecular flexibility index (Phi) is 17.0. The van der Waals surface area contributed by atoms with Gasteiger partial charge < -0.3 is 20.4 Å². The van der Waals surface area contributed by atoms with Gasteiger partial charge in [-0.2, -0.15) is 0 Å². The predicted molar refractivity (Wildman–Crippen MR) is 124 cm³/mol. The van der Waals surface area contributed by atoms with Crippen molar-refractivity contribution < 1.29 is 20.4 Å². The van der Waals surface area contributed by atoms with Gasteiger partial charge >= 0.3 is 0 Å². The maximum Gasteiger partial charge on any atom is 0.0737 e. The van der Waals surface area contributed by atoms with Gasteiger partial charge in [-0.05, 0) is 0 Å². The van der Waals surface area contributed by atoms with Crippen LogP contribution in [0.15, 0.2) is 0 Å². The summed E-state index contributed by atoms with van der Waals surface area (Å²) in [5.74, 6) is 5.18. The Bertz CT molecular complexity index is 224. The third-order valence-corrected chi connectivity index (χ3v) is 12.5. The molecule has 24 heavy (non-hydrogen) atoms. The molecule has 0 saturated carbocycles. The lowest BCUT2D eigenvalue weighted by Crippen LogP contribution is -2.16. The van der Waals surface area contributed by atoms with Gasteiger partial charge in [0.05, 0.1) is 24.4 Å². The minimum absolute atomic E-state index is 0.365. The lowest BCUT2D eigenvalue weighted by atomic mass is 10.5. The molecule has 0 aromatic carbocycles. The molecule has 1 aliphatic heterocycles. The largest absolute Gasteiger partial charge is 0.391 e. The lowest BCUT2D eigenvalue weighted by Gasteiger charge is -2.14. The number of aliphatic hydroxyl groups excluding tert-OH is 4. The average Bonchev–Trinajstić information content (AvgIpc) is 2.55. The van der Waals surface area contributed by atoms with Gasteiger partial charge in [0.15, 0.2) is 0 Å². The van der Waals surface area contributed by atoms with Gasteiger partial charge in [-0.1, -0.05) is 86.4 Å². The summed E-state index contributed by atoms with van der Waals surface area (Å²) in [6.07, 6.45) is -1.46. The molecule has 1 rings (SSSR count). The van der Waals surface area contributed by atoms with E-state index in [-0.39, 0.29) is 24.4 Å². The van der Waals surface area contributed by atoms with Crippen LogP contribution in [0.5, 0.6) is 0 Å². The van der Waals surface area contributed by atoms with Crippen molar-refractivity contribution in [3.05, 3.63) is 0 Å². The average molecular weight is 489 g/mol. The van der Waals surface area contributed by atoms with Gasteiger partial charge in [0.1, 0.15) is 0 Å². The van der Waals surface area contributed by atoms with Crippen LogP contribution in [0.25, 0.3) is 0 Å². The Hall–Kier alpha value is 2.64. The summed E-state index contributed by atoms with van der Waals surface area (Å²) in [5, 5.41) is 39.6. The van der Waals surface area contributed by atoms with Crippen LogP contribution in [-0.2, 0) is 0 Å². The van der Waals surface area contributed by atoms with Gasteiger partial charge in [-0.15, -0.1) is 0 Å². The maximum atomic E-state index is 9.89. The molecule has 144 valence electrons. The second-order valence-corrected chi connectivity index (χ2v) is 15.1. The zero-order valence-corrected chi connectivity index (χ0v) is 19.6. The number of hydrogen-bond acceptors (Lipinski definition) is 12. The van der Waals surface area contributed by atoms with Crippen molar-refractivity contribution in [3.8, 4) is 0 Å². The van der Waals surface area contributed by atoms with Crippen molar-refractivity contribution in [2.24, 2.45) is 0 Å². The van der Waals surface area contributed by atoms with Gasteiger partial charge in [0.25, 0.3) is 0 Å². The molecular formula is C12H24O4S8. The van der Waals surface area contributed by atoms with E-state index in [4.69, 9.17) is 0 Å². The second kappa shape index (κ2) is 16.6. The van der Waals surface area contributed by atoms with E-state index in [9.17, 15) is 20.4 Å². The summed E-state index contributed by atoms with van der Waals surface area (Å²) in [6, 6.07) is 0. The Balaban J connectivity index is 2.29. The van der Waals surface area contributed by atoms with E-state index in [1.54, 1.807) is 86.4 Å². The first-order valence-electron chi connectivity index (χ1n) is 7.27. The number of aliphatic hydroxyl groups is 4. The monoisotopic (exact) mass is 488 g/mol. The highest BCUT2D eigenvalue weighted by atomic mass is 33.1. The van der Waals surface area contributed by atoms with E-state index in [2.05, 4.69) is 0 Å². The summed E-state index contributed by atoms with van der Waals surface area (Å²) >= 11 is 0.